The van der Waals surface area contributed by atoms with E-state index in [2.05, 4.69) is 38.4 Å². The summed E-state index contributed by atoms with van der Waals surface area (Å²) in [6.45, 7) is 0.551. The van der Waals surface area contributed by atoms with Crippen molar-refractivity contribution in [2.45, 2.75) is 23.1 Å². The SMILES string of the molecule is O=C(Cc1csc(SCc2ccc(Br)cc2)n1)NCc1ccccc1. The van der Waals surface area contributed by atoms with Crippen LogP contribution in [0.1, 0.15) is 16.8 Å². The van der Waals surface area contributed by atoms with Crippen LogP contribution in [0.2, 0.25) is 0 Å². The summed E-state index contributed by atoms with van der Waals surface area (Å²) in [7, 11) is 0. The Morgan fingerprint density at radius 2 is 1.84 bits per heavy atom. The molecule has 0 bridgehead atoms. The molecule has 3 aromatic rings. The molecule has 2 aromatic carbocycles. The van der Waals surface area contributed by atoms with Crippen LogP contribution in [0.15, 0.2) is 68.8 Å². The lowest BCUT2D eigenvalue weighted by Gasteiger charge is -2.03. The maximum atomic E-state index is 12.0. The molecule has 1 N–H and O–H groups in total. The van der Waals surface area contributed by atoms with E-state index < -0.39 is 0 Å². The minimum atomic E-state index is -0.00128. The highest BCUT2D eigenvalue weighted by molar-refractivity contribution is 9.10. The molecule has 0 atom stereocenters. The number of hydrogen-bond donors (Lipinski definition) is 1. The third kappa shape index (κ3) is 5.99. The first-order valence-electron chi connectivity index (χ1n) is 7.81. The Morgan fingerprint density at radius 1 is 1.08 bits per heavy atom. The average Bonchev–Trinajstić information content (AvgIpc) is 3.08. The van der Waals surface area contributed by atoms with Gasteiger partial charge in [0.1, 0.15) is 4.34 Å². The zero-order valence-corrected chi connectivity index (χ0v) is 16.7. The number of rotatable bonds is 7. The van der Waals surface area contributed by atoms with Gasteiger partial charge in [0.15, 0.2) is 0 Å². The smallest absolute Gasteiger partial charge is 0.226 e. The van der Waals surface area contributed by atoms with E-state index in [1.165, 1.54) is 5.56 Å². The molecule has 0 saturated heterocycles. The van der Waals surface area contributed by atoms with Crippen molar-refractivity contribution >= 4 is 44.9 Å². The lowest BCUT2D eigenvalue weighted by atomic mass is 10.2. The van der Waals surface area contributed by atoms with Gasteiger partial charge in [-0.05, 0) is 23.3 Å². The van der Waals surface area contributed by atoms with Gasteiger partial charge in [-0.2, -0.15) is 0 Å². The van der Waals surface area contributed by atoms with Crippen LogP contribution in [0.25, 0.3) is 0 Å². The van der Waals surface area contributed by atoms with Crippen LogP contribution in [0.4, 0.5) is 0 Å². The molecule has 0 aliphatic heterocycles. The maximum absolute atomic E-state index is 12.0. The van der Waals surface area contributed by atoms with Crippen LogP contribution < -0.4 is 5.32 Å². The number of nitrogens with zero attached hydrogens (tertiary/aromatic N) is 1. The van der Waals surface area contributed by atoms with Gasteiger partial charge in [0.25, 0.3) is 0 Å². The van der Waals surface area contributed by atoms with Crippen LogP contribution in [0.3, 0.4) is 0 Å². The molecule has 6 heteroatoms. The van der Waals surface area contributed by atoms with E-state index in [-0.39, 0.29) is 5.91 Å². The summed E-state index contributed by atoms with van der Waals surface area (Å²) in [6, 6.07) is 18.2. The van der Waals surface area contributed by atoms with Crippen molar-refractivity contribution in [3.63, 3.8) is 0 Å². The molecule has 128 valence electrons. The number of nitrogens with one attached hydrogen (secondary N) is 1. The maximum Gasteiger partial charge on any atom is 0.226 e. The van der Waals surface area contributed by atoms with Crippen LogP contribution in [0.5, 0.6) is 0 Å². The fourth-order valence-corrected chi connectivity index (χ4v) is 4.25. The summed E-state index contributed by atoms with van der Waals surface area (Å²) < 4.78 is 2.08. The highest BCUT2D eigenvalue weighted by atomic mass is 79.9. The third-order valence-electron chi connectivity index (χ3n) is 3.48. The van der Waals surface area contributed by atoms with Crippen LogP contribution in [0, 0.1) is 0 Å². The molecule has 0 fully saturated rings. The second-order valence-electron chi connectivity index (χ2n) is 5.46. The monoisotopic (exact) mass is 432 g/mol. The van der Waals surface area contributed by atoms with E-state index in [4.69, 9.17) is 0 Å². The summed E-state index contributed by atoms with van der Waals surface area (Å²) in [4.78, 5) is 16.6. The number of amides is 1. The van der Waals surface area contributed by atoms with Gasteiger partial charge < -0.3 is 5.32 Å². The Labute approximate surface area is 164 Å². The van der Waals surface area contributed by atoms with Crippen molar-refractivity contribution in [3.05, 3.63) is 81.3 Å². The predicted molar refractivity (Wildman–Crippen MR) is 108 cm³/mol. The summed E-state index contributed by atoms with van der Waals surface area (Å²) in [5.41, 5.74) is 3.18. The van der Waals surface area contributed by atoms with Gasteiger partial charge in [-0.25, -0.2) is 4.98 Å². The van der Waals surface area contributed by atoms with Crippen LogP contribution in [-0.2, 0) is 23.5 Å². The summed E-state index contributed by atoms with van der Waals surface area (Å²) in [6.07, 6.45) is 0.322. The lowest BCUT2D eigenvalue weighted by molar-refractivity contribution is -0.120. The minimum absolute atomic E-state index is 0.00128. The Hall–Kier alpha value is -1.63. The quantitative estimate of drug-likeness (QED) is 0.530. The van der Waals surface area contributed by atoms with Crippen molar-refractivity contribution in [3.8, 4) is 0 Å². The van der Waals surface area contributed by atoms with E-state index in [0.717, 1.165) is 25.8 Å². The third-order valence-corrected chi connectivity index (χ3v) is 6.15. The van der Waals surface area contributed by atoms with Crippen molar-refractivity contribution < 1.29 is 4.79 Å². The molecule has 0 radical (unpaired) electrons. The topological polar surface area (TPSA) is 42.0 Å². The van der Waals surface area contributed by atoms with Crippen LogP contribution in [-0.4, -0.2) is 10.9 Å². The highest BCUT2D eigenvalue weighted by Gasteiger charge is 2.08. The van der Waals surface area contributed by atoms with Gasteiger partial charge in [0, 0.05) is 22.2 Å². The Morgan fingerprint density at radius 3 is 2.60 bits per heavy atom. The Bertz CT molecular complexity index is 819. The van der Waals surface area contributed by atoms with Gasteiger partial charge in [-0.1, -0.05) is 70.2 Å². The van der Waals surface area contributed by atoms with Gasteiger partial charge >= 0.3 is 0 Å². The zero-order chi connectivity index (χ0) is 17.5. The van der Waals surface area contributed by atoms with Gasteiger partial charge in [-0.15, -0.1) is 11.3 Å². The van der Waals surface area contributed by atoms with E-state index >= 15 is 0 Å². The second-order valence-corrected chi connectivity index (χ2v) is 8.46. The predicted octanol–water partition coefficient (Wildman–Crippen LogP) is 5.06. The molecule has 25 heavy (non-hydrogen) atoms. The molecule has 3 nitrogen and oxygen atoms in total. The molecular weight excluding hydrogens is 416 g/mol. The molecule has 1 aromatic heterocycles. The number of thiazole rings is 1. The van der Waals surface area contributed by atoms with E-state index in [1.54, 1.807) is 23.1 Å². The summed E-state index contributed by atoms with van der Waals surface area (Å²) in [5.74, 6) is 0.874. The number of halogens is 1. The molecule has 1 amide bonds. The molecule has 0 unspecified atom stereocenters. The Kier molecular flexibility index (Phi) is 6.67. The van der Waals surface area contributed by atoms with Gasteiger partial charge in [0.2, 0.25) is 5.91 Å². The molecule has 0 spiro atoms. The first-order chi connectivity index (χ1) is 12.2. The lowest BCUT2D eigenvalue weighted by Crippen LogP contribution is -2.24. The summed E-state index contributed by atoms with van der Waals surface area (Å²) in [5, 5.41) is 4.90. The van der Waals surface area contributed by atoms with Crippen molar-refractivity contribution in [2.75, 3.05) is 0 Å². The molecular formula is C19H17BrN2OS2. The number of carbonyl (C=O) groups is 1. The highest BCUT2D eigenvalue weighted by Crippen LogP contribution is 2.26. The molecule has 0 aliphatic rings. The normalized spacial score (nSPS) is 10.6. The standard InChI is InChI=1S/C19H17BrN2OS2/c20-16-8-6-15(7-9-16)12-24-19-22-17(13-25-19)10-18(23)21-11-14-4-2-1-3-5-14/h1-9,13H,10-12H2,(H,21,23). The van der Waals surface area contributed by atoms with Crippen molar-refractivity contribution in [1.29, 1.82) is 0 Å². The van der Waals surface area contributed by atoms with E-state index in [1.807, 2.05) is 47.8 Å². The minimum Gasteiger partial charge on any atom is -0.352 e. The molecule has 0 saturated carbocycles. The largest absolute Gasteiger partial charge is 0.352 e. The van der Waals surface area contributed by atoms with Crippen molar-refractivity contribution in [2.24, 2.45) is 0 Å². The summed E-state index contributed by atoms with van der Waals surface area (Å²) >= 11 is 6.73. The fourth-order valence-electron chi connectivity index (χ4n) is 2.19. The first-order valence-corrected chi connectivity index (χ1v) is 10.5. The van der Waals surface area contributed by atoms with Gasteiger partial charge in [-0.3, -0.25) is 4.79 Å². The molecule has 3 rings (SSSR count). The number of carbonyl (C=O) groups excluding carboxylic acids is 1. The first kappa shape index (κ1) is 18.2. The van der Waals surface area contributed by atoms with Crippen molar-refractivity contribution in [1.82, 2.24) is 10.3 Å². The number of aromatic nitrogens is 1. The number of benzene rings is 2. The molecule has 1 heterocycles. The average molecular weight is 433 g/mol. The fraction of sp³-hybridized carbons (Fsp3) is 0.158. The zero-order valence-electron chi connectivity index (χ0n) is 13.4. The van der Waals surface area contributed by atoms with Crippen LogP contribution >= 0.6 is 39.0 Å². The van der Waals surface area contributed by atoms with Gasteiger partial charge in [0.05, 0.1) is 12.1 Å². The number of thioether (sulfide) groups is 1. The van der Waals surface area contributed by atoms with E-state index in [9.17, 15) is 4.79 Å². The number of hydrogen-bond acceptors (Lipinski definition) is 4. The Balaban J connectivity index is 1.46. The van der Waals surface area contributed by atoms with E-state index in [0.29, 0.717) is 13.0 Å². The molecule has 0 aliphatic carbocycles. The second kappa shape index (κ2) is 9.17.